The van der Waals surface area contributed by atoms with Crippen molar-refractivity contribution in [1.29, 1.82) is 0 Å². The first kappa shape index (κ1) is 21.3. The zero-order chi connectivity index (χ0) is 20.9. The SMILES string of the molecule is COC(=O)[C@@](NC(=O)c1ccc(OC)cc1)(Nc1ccc(Cl)cn1)C(F)(F)F. The number of pyridine rings is 1. The van der Waals surface area contributed by atoms with E-state index < -0.39 is 23.7 Å². The number of anilines is 1. The molecule has 2 N–H and O–H groups in total. The van der Waals surface area contributed by atoms with Crippen LogP contribution in [-0.4, -0.2) is 42.9 Å². The molecule has 0 aliphatic carbocycles. The van der Waals surface area contributed by atoms with Crippen LogP contribution in [0.1, 0.15) is 10.4 Å². The second-order valence-corrected chi connectivity index (χ2v) is 5.85. The van der Waals surface area contributed by atoms with Gasteiger partial charge in [0.2, 0.25) is 0 Å². The number of amides is 1. The molecule has 0 fully saturated rings. The summed E-state index contributed by atoms with van der Waals surface area (Å²) in [6.07, 6.45) is -4.20. The van der Waals surface area contributed by atoms with E-state index in [9.17, 15) is 22.8 Å². The highest BCUT2D eigenvalue weighted by Gasteiger charge is 2.63. The molecule has 2 aromatic rings. The number of methoxy groups -OCH3 is 2. The van der Waals surface area contributed by atoms with Crippen LogP contribution >= 0.6 is 11.6 Å². The van der Waals surface area contributed by atoms with Gasteiger partial charge in [-0.2, -0.15) is 13.2 Å². The number of alkyl halides is 3. The van der Waals surface area contributed by atoms with Gasteiger partial charge in [0.25, 0.3) is 5.91 Å². The van der Waals surface area contributed by atoms with Gasteiger partial charge in [-0.3, -0.25) is 4.79 Å². The lowest BCUT2D eigenvalue weighted by atomic mass is 10.1. The lowest BCUT2D eigenvalue weighted by Gasteiger charge is -2.34. The van der Waals surface area contributed by atoms with Gasteiger partial charge in [0.15, 0.2) is 0 Å². The molecule has 11 heteroatoms. The zero-order valence-electron chi connectivity index (χ0n) is 14.6. The van der Waals surface area contributed by atoms with Crippen molar-refractivity contribution in [2.24, 2.45) is 0 Å². The molecule has 2 rings (SSSR count). The van der Waals surface area contributed by atoms with Crippen LogP contribution in [-0.2, 0) is 9.53 Å². The molecule has 1 aromatic heterocycles. The van der Waals surface area contributed by atoms with E-state index in [1.807, 2.05) is 5.32 Å². The minimum Gasteiger partial charge on any atom is -0.497 e. The fourth-order valence-corrected chi connectivity index (χ4v) is 2.28. The number of nitrogens with zero attached hydrogens (tertiary/aromatic N) is 1. The molecule has 0 unspecified atom stereocenters. The Morgan fingerprint density at radius 2 is 1.71 bits per heavy atom. The minimum absolute atomic E-state index is 0.135. The number of ether oxygens (including phenoxy) is 2. The van der Waals surface area contributed by atoms with Crippen LogP contribution in [0.5, 0.6) is 5.75 Å². The van der Waals surface area contributed by atoms with E-state index in [1.54, 1.807) is 5.32 Å². The largest absolute Gasteiger partial charge is 0.497 e. The van der Waals surface area contributed by atoms with Gasteiger partial charge in [-0.05, 0) is 36.4 Å². The number of rotatable bonds is 6. The molecule has 28 heavy (non-hydrogen) atoms. The molecule has 1 amide bonds. The molecule has 1 atom stereocenters. The summed E-state index contributed by atoms with van der Waals surface area (Å²) < 4.78 is 51.0. The van der Waals surface area contributed by atoms with Crippen molar-refractivity contribution in [3.8, 4) is 5.75 Å². The number of carbonyl (C=O) groups is 2. The summed E-state index contributed by atoms with van der Waals surface area (Å²) in [5.41, 5.74) is -3.72. The number of hydrogen-bond acceptors (Lipinski definition) is 6. The molecule has 1 heterocycles. The third-order valence-electron chi connectivity index (χ3n) is 3.61. The predicted octanol–water partition coefficient (Wildman–Crippen LogP) is 3.02. The summed E-state index contributed by atoms with van der Waals surface area (Å²) in [4.78, 5) is 28.2. The van der Waals surface area contributed by atoms with Crippen LogP contribution in [0, 0.1) is 0 Å². The summed E-state index contributed by atoms with van der Waals surface area (Å²) in [7, 11) is 2.16. The van der Waals surface area contributed by atoms with E-state index in [1.165, 1.54) is 37.4 Å². The zero-order valence-corrected chi connectivity index (χ0v) is 15.4. The van der Waals surface area contributed by atoms with Crippen LogP contribution in [0.2, 0.25) is 5.02 Å². The van der Waals surface area contributed by atoms with Gasteiger partial charge >= 0.3 is 17.8 Å². The summed E-state index contributed by atoms with van der Waals surface area (Å²) in [6.45, 7) is 0. The van der Waals surface area contributed by atoms with E-state index in [4.69, 9.17) is 16.3 Å². The first-order chi connectivity index (χ1) is 13.1. The highest BCUT2D eigenvalue weighted by molar-refractivity contribution is 6.30. The quantitative estimate of drug-likeness (QED) is 0.555. The van der Waals surface area contributed by atoms with Crippen LogP contribution in [0.15, 0.2) is 42.6 Å². The fourth-order valence-electron chi connectivity index (χ4n) is 2.17. The van der Waals surface area contributed by atoms with E-state index in [-0.39, 0.29) is 16.4 Å². The maximum atomic E-state index is 13.9. The van der Waals surface area contributed by atoms with E-state index >= 15 is 0 Å². The second kappa shape index (κ2) is 8.34. The smallest absolute Gasteiger partial charge is 0.441 e. The topological polar surface area (TPSA) is 89.5 Å². The minimum atomic E-state index is -5.27. The number of nitrogens with one attached hydrogen (secondary N) is 2. The molecule has 1 aromatic carbocycles. The molecule has 0 spiro atoms. The molecular weight excluding hydrogens is 403 g/mol. The molecule has 0 aliphatic rings. The first-order valence-corrected chi connectivity index (χ1v) is 8.02. The van der Waals surface area contributed by atoms with Gasteiger partial charge in [0.05, 0.1) is 19.2 Å². The fraction of sp³-hybridized carbons (Fsp3) is 0.235. The molecule has 0 radical (unpaired) electrons. The van der Waals surface area contributed by atoms with Crippen molar-refractivity contribution >= 4 is 29.3 Å². The number of aromatic nitrogens is 1. The van der Waals surface area contributed by atoms with Crippen LogP contribution < -0.4 is 15.4 Å². The summed E-state index contributed by atoms with van der Waals surface area (Å²) in [6, 6.07) is 7.64. The van der Waals surface area contributed by atoms with Gasteiger partial charge in [0, 0.05) is 11.8 Å². The number of halogens is 4. The lowest BCUT2D eigenvalue weighted by molar-refractivity contribution is -0.203. The summed E-state index contributed by atoms with van der Waals surface area (Å²) in [5, 5.41) is 3.75. The van der Waals surface area contributed by atoms with E-state index in [2.05, 4.69) is 9.72 Å². The standard InChI is InChI=1S/C17H15ClF3N3O4/c1-27-12-6-3-10(4-7-12)14(25)24-16(15(26)28-2,17(19,20)21)23-13-8-5-11(18)9-22-13/h3-9H,1-2H3,(H,22,23)(H,24,25)/t16-/m0/s1. The normalized spacial score (nSPS) is 13.2. The van der Waals surface area contributed by atoms with Crippen molar-refractivity contribution in [2.75, 3.05) is 19.5 Å². The lowest BCUT2D eigenvalue weighted by Crippen LogP contribution is -2.69. The third kappa shape index (κ3) is 4.45. The van der Waals surface area contributed by atoms with Gasteiger partial charge < -0.3 is 20.1 Å². The third-order valence-corrected chi connectivity index (χ3v) is 3.84. The van der Waals surface area contributed by atoms with Crippen molar-refractivity contribution in [3.05, 3.63) is 53.2 Å². The number of carbonyl (C=O) groups excluding carboxylic acids is 2. The molecule has 0 aliphatic heterocycles. The van der Waals surface area contributed by atoms with Crippen molar-refractivity contribution in [2.45, 2.75) is 11.8 Å². The summed E-state index contributed by atoms with van der Waals surface area (Å²) >= 11 is 5.67. The highest BCUT2D eigenvalue weighted by Crippen LogP contribution is 2.33. The molecule has 0 saturated heterocycles. The van der Waals surface area contributed by atoms with Gasteiger partial charge in [-0.25, -0.2) is 9.78 Å². The molecule has 0 bridgehead atoms. The predicted molar refractivity (Wildman–Crippen MR) is 94.1 cm³/mol. The average molecular weight is 418 g/mol. The van der Waals surface area contributed by atoms with Gasteiger partial charge in [0.1, 0.15) is 11.6 Å². The van der Waals surface area contributed by atoms with Crippen LogP contribution in [0.4, 0.5) is 19.0 Å². The number of benzene rings is 1. The molecular formula is C17H15ClF3N3O4. The number of hydrogen-bond donors (Lipinski definition) is 2. The molecule has 7 nitrogen and oxygen atoms in total. The van der Waals surface area contributed by atoms with E-state index in [0.29, 0.717) is 5.75 Å². The highest BCUT2D eigenvalue weighted by atomic mass is 35.5. The Morgan fingerprint density at radius 3 is 2.18 bits per heavy atom. The molecule has 0 saturated carbocycles. The monoisotopic (exact) mass is 417 g/mol. The first-order valence-electron chi connectivity index (χ1n) is 7.64. The summed E-state index contributed by atoms with van der Waals surface area (Å²) in [5.74, 6) is -2.91. The number of esters is 1. The Balaban J connectivity index is 2.44. The molecule has 150 valence electrons. The van der Waals surface area contributed by atoms with Crippen molar-refractivity contribution in [1.82, 2.24) is 10.3 Å². The Hall–Kier alpha value is -3.01. The average Bonchev–Trinajstić information content (AvgIpc) is 2.67. The van der Waals surface area contributed by atoms with Crippen molar-refractivity contribution < 1.29 is 32.2 Å². The van der Waals surface area contributed by atoms with Gasteiger partial charge in [-0.1, -0.05) is 11.6 Å². The van der Waals surface area contributed by atoms with Crippen molar-refractivity contribution in [3.63, 3.8) is 0 Å². The van der Waals surface area contributed by atoms with Gasteiger partial charge in [-0.15, -0.1) is 0 Å². The Bertz CT molecular complexity index is 844. The van der Waals surface area contributed by atoms with E-state index in [0.717, 1.165) is 19.4 Å². The van der Waals surface area contributed by atoms with Crippen LogP contribution in [0.25, 0.3) is 0 Å². The second-order valence-electron chi connectivity index (χ2n) is 5.41. The Labute approximate surface area is 162 Å². The Kier molecular flexibility index (Phi) is 6.34. The van der Waals surface area contributed by atoms with Crippen LogP contribution in [0.3, 0.4) is 0 Å². The Morgan fingerprint density at radius 1 is 1.07 bits per heavy atom. The maximum absolute atomic E-state index is 13.9. The maximum Gasteiger partial charge on any atom is 0.441 e.